The molecular weight excluding hydrogens is 398 g/mol. The first-order valence-electron chi connectivity index (χ1n) is 13.5. The van der Waals surface area contributed by atoms with Gasteiger partial charge in [0.1, 0.15) is 0 Å². The summed E-state index contributed by atoms with van der Waals surface area (Å²) in [5.74, 6) is 2.62. The van der Waals surface area contributed by atoms with Crippen LogP contribution in [0, 0.1) is 17.8 Å². The maximum atomic E-state index is 4.30. The van der Waals surface area contributed by atoms with Gasteiger partial charge in [-0.1, -0.05) is 100 Å². The van der Waals surface area contributed by atoms with E-state index in [4.69, 9.17) is 0 Å². The van der Waals surface area contributed by atoms with Gasteiger partial charge in [-0.05, 0) is 86.8 Å². The molecule has 0 spiro atoms. The van der Waals surface area contributed by atoms with E-state index in [-0.39, 0.29) is 0 Å². The quantitative estimate of drug-likeness (QED) is 0.197. The predicted octanol–water partition coefficient (Wildman–Crippen LogP) is 9.75. The SMILES string of the molecule is C=C/C=C\C(=C/C)CCC1=CC(C(CCC)CCCC2CCC(C)C2)=C/C(=C(\C)C=NC)C1. The van der Waals surface area contributed by atoms with Crippen LogP contribution in [0.25, 0.3) is 0 Å². The van der Waals surface area contributed by atoms with Gasteiger partial charge >= 0.3 is 0 Å². The molecule has 1 heteroatoms. The van der Waals surface area contributed by atoms with Crippen molar-refractivity contribution >= 4 is 6.21 Å². The molecule has 182 valence electrons. The maximum absolute atomic E-state index is 4.30. The molecule has 3 atom stereocenters. The molecule has 0 aromatic carbocycles. The molecule has 1 saturated carbocycles. The van der Waals surface area contributed by atoms with Crippen molar-refractivity contribution in [1.82, 2.24) is 0 Å². The summed E-state index contributed by atoms with van der Waals surface area (Å²) in [5, 5.41) is 0. The summed E-state index contributed by atoms with van der Waals surface area (Å²) in [5.41, 5.74) is 7.31. The van der Waals surface area contributed by atoms with Gasteiger partial charge in [0.05, 0.1) is 0 Å². The van der Waals surface area contributed by atoms with E-state index in [2.05, 4.69) is 63.6 Å². The van der Waals surface area contributed by atoms with E-state index in [9.17, 15) is 0 Å². The second-order valence-electron chi connectivity index (χ2n) is 10.4. The lowest BCUT2D eigenvalue weighted by atomic mass is 9.80. The molecule has 2 aliphatic rings. The molecular formula is C32H49N. The van der Waals surface area contributed by atoms with Gasteiger partial charge in [-0.3, -0.25) is 4.99 Å². The molecule has 0 saturated heterocycles. The normalized spacial score (nSPS) is 24.3. The van der Waals surface area contributed by atoms with Crippen LogP contribution in [0.4, 0.5) is 0 Å². The van der Waals surface area contributed by atoms with Crippen molar-refractivity contribution in [2.75, 3.05) is 7.05 Å². The first-order valence-corrected chi connectivity index (χ1v) is 13.5. The number of rotatable bonds is 13. The number of hydrogen-bond acceptors (Lipinski definition) is 1. The molecule has 0 aromatic rings. The first-order chi connectivity index (χ1) is 16.0. The van der Waals surface area contributed by atoms with Crippen molar-refractivity contribution in [3.05, 3.63) is 70.9 Å². The number of hydrogen-bond donors (Lipinski definition) is 0. The molecule has 0 radical (unpaired) electrons. The molecule has 1 nitrogen and oxygen atoms in total. The second-order valence-corrected chi connectivity index (χ2v) is 10.4. The van der Waals surface area contributed by atoms with Crippen LogP contribution in [0.2, 0.25) is 0 Å². The Balaban J connectivity index is 2.16. The van der Waals surface area contributed by atoms with Gasteiger partial charge in [0.25, 0.3) is 0 Å². The Morgan fingerprint density at radius 1 is 1.24 bits per heavy atom. The first kappa shape index (κ1) is 27.4. The highest BCUT2D eigenvalue weighted by molar-refractivity contribution is 5.80. The topological polar surface area (TPSA) is 12.4 Å². The minimum absolute atomic E-state index is 0.687. The summed E-state index contributed by atoms with van der Waals surface area (Å²) in [6, 6.07) is 0. The zero-order valence-corrected chi connectivity index (χ0v) is 22.2. The highest BCUT2D eigenvalue weighted by Gasteiger charge is 2.22. The molecule has 0 aliphatic heterocycles. The van der Waals surface area contributed by atoms with Crippen LogP contribution in [-0.2, 0) is 0 Å². The highest BCUT2D eigenvalue weighted by atomic mass is 14.6. The van der Waals surface area contributed by atoms with Crippen molar-refractivity contribution < 1.29 is 0 Å². The molecule has 0 bridgehead atoms. The van der Waals surface area contributed by atoms with E-state index in [1.54, 1.807) is 11.1 Å². The van der Waals surface area contributed by atoms with Crippen molar-refractivity contribution in [1.29, 1.82) is 0 Å². The third-order valence-electron chi connectivity index (χ3n) is 7.59. The zero-order chi connectivity index (χ0) is 24.1. The molecule has 0 amide bonds. The monoisotopic (exact) mass is 447 g/mol. The molecule has 0 heterocycles. The largest absolute Gasteiger partial charge is 0.296 e. The highest BCUT2D eigenvalue weighted by Crippen LogP contribution is 2.37. The molecule has 3 unspecified atom stereocenters. The second kappa shape index (κ2) is 15.1. The Morgan fingerprint density at radius 3 is 2.70 bits per heavy atom. The third kappa shape index (κ3) is 9.48. The van der Waals surface area contributed by atoms with Crippen LogP contribution in [0.5, 0.6) is 0 Å². The van der Waals surface area contributed by atoms with E-state index in [0.717, 1.165) is 31.1 Å². The van der Waals surface area contributed by atoms with Gasteiger partial charge in [-0.25, -0.2) is 0 Å². The van der Waals surface area contributed by atoms with Crippen molar-refractivity contribution in [3.8, 4) is 0 Å². The lowest BCUT2D eigenvalue weighted by molar-refractivity contribution is 0.417. The Labute approximate surface area is 205 Å². The third-order valence-corrected chi connectivity index (χ3v) is 7.59. The summed E-state index contributed by atoms with van der Waals surface area (Å²) in [6.07, 6.45) is 29.8. The number of aliphatic imine (C=N–C) groups is 1. The van der Waals surface area contributed by atoms with Gasteiger partial charge in [0.2, 0.25) is 0 Å². The van der Waals surface area contributed by atoms with E-state index in [0.29, 0.717) is 5.92 Å². The van der Waals surface area contributed by atoms with Crippen LogP contribution in [0.3, 0.4) is 0 Å². The van der Waals surface area contributed by atoms with Gasteiger partial charge < -0.3 is 0 Å². The summed E-state index contributed by atoms with van der Waals surface area (Å²) in [7, 11) is 1.88. The summed E-state index contributed by atoms with van der Waals surface area (Å²) in [4.78, 5) is 4.30. The average Bonchev–Trinajstić information content (AvgIpc) is 3.23. The van der Waals surface area contributed by atoms with Crippen LogP contribution in [0.1, 0.15) is 98.3 Å². The Kier molecular flexibility index (Phi) is 12.5. The molecule has 0 aromatic heterocycles. The van der Waals surface area contributed by atoms with Crippen molar-refractivity contribution in [2.45, 2.75) is 98.3 Å². The fourth-order valence-electron chi connectivity index (χ4n) is 5.64. The van der Waals surface area contributed by atoms with Gasteiger partial charge in [-0.15, -0.1) is 0 Å². The van der Waals surface area contributed by atoms with Gasteiger partial charge in [-0.2, -0.15) is 0 Å². The number of nitrogens with zero attached hydrogens (tertiary/aromatic N) is 1. The number of allylic oxidation sites excluding steroid dienone is 11. The Hall–Kier alpha value is -1.89. The molecule has 0 N–H and O–H groups in total. The molecule has 2 rings (SSSR count). The maximum Gasteiger partial charge on any atom is 0.0277 e. The Bertz CT molecular complexity index is 798. The van der Waals surface area contributed by atoms with Crippen LogP contribution in [0.15, 0.2) is 75.9 Å². The molecule has 2 aliphatic carbocycles. The minimum Gasteiger partial charge on any atom is -0.296 e. The minimum atomic E-state index is 0.687. The zero-order valence-electron chi connectivity index (χ0n) is 22.2. The van der Waals surface area contributed by atoms with E-state index >= 15 is 0 Å². The molecule has 33 heavy (non-hydrogen) atoms. The lowest BCUT2D eigenvalue weighted by Gasteiger charge is -2.25. The van der Waals surface area contributed by atoms with Crippen LogP contribution < -0.4 is 0 Å². The summed E-state index contributed by atoms with van der Waals surface area (Å²) < 4.78 is 0. The van der Waals surface area contributed by atoms with Gasteiger partial charge in [0, 0.05) is 13.3 Å². The van der Waals surface area contributed by atoms with E-state index < -0.39 is 0 Å². The molecule has 1 fully saturated rings. The fourth-order valence-corrected chi connectivity index (χ4v) is 5.64. The standard InChI is InChI=1S/C32H49N/c1-7-10-13-27(9-3)18-19-29-21-31(26(5)24-33-6)23-32(22-29)30(12-8-2)15-11-14-28-17-16-25(4)20-28/h7,9-10,13,22-25,28,30H,1,8,11-12,14-21H2,2-6H3/b13-10-,27-9+,31-26+,33-24?. The smallest absolute Gasteiger partial charge is 0.0277 e. The predicted molar refractivity (Wildman–Crippen MR) is 149 cm³/mol. The van der Waals surface area contributed by atoms with E-state index in [1.165, 1.54) is 68.1 Å². The lowest BCUT2D eigenvalue weighted by Crippen LogP contribution is -2.09. The Morgan fingerprint density at radius 2 is 2.06 bits per heavy atom. The van der Waals surface area contributed by atoms with Gasteiger partial charge in [0.15, 0.2) is 0 Å². The van der Waals surface area contributed by atoms with Crippen molar-refractivity contribution in [3.63, 3.8) is 0 Å². The van der Waals surface area contributed by atoms with Crippen molar-refractivity contribution in [2.24, 2.45) is 22.7 Å². The summed E-state index contributed by atoms with van der Waals surface area (Å²) in [6.45, 7) is 12.9. The van der Waals surface area contributed by atoms with Crippen LogP contribution in [-0.4, -0.2) is 13.3 Å². The average molecular weight is 448 g/mol. The summed E-state index contributed by atoms with van der Waals surface area (Å²) >= 11 is 0. The van der Waals surface area contributed by atoms with E-state index in [1.807, 2.05) is 25.4 Å². The van der Waals surface area contributed by atoms with Crippen LogP contribution >= 0.6 is 0 Å². The fraction of sp³-hybridized carbons (Fsp3) is 0.594.